The summed E-state index contributed by atoms with van der Waals surface area (Å²) in [5.74, 6) is -0.383. The van der Waals surface area contributed by atoms with E-state index in [1.165, 1.54) is 13.8 Å². The number of rotatable bonds is 6. The number of nitrogens with one attached hydrogen (secondary N) is 3. The minimum absolute atomic E-state index is 0.0914. The number of anilines is 1. The molecule has 0 radical (unpaired) electrons. The van der Waals surface area contributed by atoms with E-state index in [4.69, 9.17) is 0 Å². The third-order valence-electron chi connectivity index (χ3n) is 3.48. The average molecular weight is 339 g/mol. The second kappa shape index (κ2) is 8.63. The average Bonchev–Trinajstić information content (AvgIpc) is 2.59. The number of hydrogen-bond donors (Lipinski definition) is 3. The largest absolute Gasteiger partial charge is 0.352 e. The summed E-state index contributed by atoms with van der Waals surface area (Å²) >= 11 is 0. The van der Waals surface area contributed by atoms with Gasteiger partial charge in [0.15, 0.2) is 0 Å². The van der Waals surface area contributed by atoms with E-state index in [-0.39, 0.29) is 17.7 Å². The molecule has 0 unspecified atom stereocenters. The van der Waals surface area contributed by atoms with Crippen LogP contribution in [0.15, 0.2) is 48.5 Å². The molecule has 0 saturated carbocycles. The van der Waals surface area contributed by atoms with Gasteiger partial charge in [-0.05, 0) is 35.4 Å². The number of benzene rings is 2. The van der Waals surface area contributed by atoms with Gasteiger partial charge in [0, 0.05) is 38.2 Å². The number of amides is 3. The van der Waals surface area contributed by atoms with Crippen LogP contribution in [-0.4, -0.2) is 17.7 Å². The molecule has 0 heterocycles. The van der Waals surface area contributed by atoms with Crippen LogP contribution in [-0.2, 0) is 22.7 Å². The molecule has 0 saturated heterocycles. The van der Waals surface area contributed by atoms with Gasteiger partial charge in [0.25, 0.3) is 5.91 Å². The SMILES string of the molecule is CC(=O)NCc1ccc(C(=O)NCc2ccc(NC(C)=O)cc2)cc1. The fraction of sp³-hybridized carbons (Fsp3) is 0.211. The van der Waals surface area contributed by atoms with Gasteiger partial charge in [-0.15, -0.1) is 0 Å². The molecular formula is C19H21N3O3. The number of hydrogen-bond acceptors (Lipinski definition) is 3. The minimum Gasteiger partial charge on any atom is -0.352 e. The summed E-state index contributed by atoms with van der Waals surface area (Å²) < 4.78 is 0. The second-order valence-electron chi connectivity index (χ2n) is 5.67. The Morgan fingerprint density at radius 1 is 0.720 bits per heavy atom. The summed E-state index contributed by atoms with van der Waals surface area (Å²) in [5, 5.41) is 8.25. The molecular weight excluding hydrogens is 318 g/mol. The Kier molecular flexibility index (Phi) is 6.28. The highest BCUT2D eigenvalue weighted by Crippen LogP contribution is 2.10. The Bertz CT molecular complexity index is 752. The van der Waals surface area contributed by atoms with Crippen molar-refractivity contribution in [3.63, 3.8) is 0 Å². The van der Waals surface area contributed by atoms with Crippen molar-refractivity contribution in [1.29, 1.82) is 0 Å². The van der Waals surface area contributed by atoms with Gasteiger partial charge in [-0.1, -0.05) is 24.3 Å². The van der Waals surface area contributed by atoms with Crippen molar-refractivity contribution >= 4 is 23.4 Å². The van der Waals surface area contributed by atoms with Crippen molar-refractivity contribution in [2.24, 2.45) is 0 Å². The Hall–Kier alpha value is -3.15. The first-order chi connectivity index (χ1) is 11.9. The van der Waals surface area contributed by atoms with Gasteiger partial charge in [0.05, 0.1) is 0 Å². The van der Waals surface area contributed by atoms with Crippen LogP contribution in [0.1, 0.15) is 35.3 Å². The predicted octanol–water partition coefficient (Wildman–Crippen LogP) is 2.21. The highest BCUT2D eigenvalue weighted by Gasteiger charge is 2.06. The maximum atomic E-state index is 12.2. The molecule has 3 amide bonds. The van der Waals surface area contributed by atoms with E-state index in [1.54, 1.807) is 24.3 Å². The molecule has 0 aliphatic rings. The lowest BCUT2D eigenvalue weighted by Crippen LogP contribution is -2.23. The Morgan fingerprint density at radius 2 is 1.24 bits per heavy atom. The molecule has 6 heteroatoms. The highest BCUT2D eigenvalue weighted by atomic mass is 16.2. The van der Waals surface area contributed by atoms with Crippen LogP contribution in [0.5, 0.6) is 0 Å². The minimum atomic E-state index is -0.169. The van der Waals surface area contributed by atoms with E-state index >= 15 is 0 Å². The Balaban J connectivity index is 1.87. The smallest absolute Gasteiger partial charge is 0.251 e. The molecule has 0 spiro atoms. The number of carbonyl (C=O) groups is 3. The summed E-state index contributed by atoms with van der Waals surface area (Å²) in [6.45, 7) is 3.75. The topological polar surface area (TPSA) is 87.3 Å². The number of carbonyl (C=O) groups excluding carboxylic acids is 3. The predicted molar refractivity (Wildman–Crippen MR) is 95.9 cm³/mol. The third-order valence-corrected chi connectivity index (χ3v) is 3.48. The molecule has 0 aromatic heterocycles. The van der Waals surface area contributed by atoms with Gasteiger partial charge in [-0.2, -0.15) is 0 Å². The summed E-state index contributed by atoms with van der Waals surface area (Å²) in [6.07, 6.45) is 0. The molecule has 3 N–H and O–H groups in total. The molecule has 2 aromatic rings. The van der Waals surface area contributed by atoms with Crippen LogP contribution in [0.25, 0.3) is 0 Å². The van der Waals surface area contributed by atoms with Gasteiger partial charge < -0.3 is 16.0 Å². The van der Waals surface area contributed by atoms with Crippen LogP contribution in [0.4, 0.5) is 5.69 Å². The van der Waals surface area contributed by atoms with E-state index in [0.29, 0.717) is 18.7 Å². The quantitative estimate of drug-likeness (QED) is 0.754. The molecule has 130 valence electrons. The summed E-state index contributed by atoms with van der Waals surface area (Å²) in [5.41, 5.74) is 3.14. The zero-order valence-electron chi connectivity index (χ0n) is 14.3. The van der Waals surface area contributed by atoms with E-state index in [2.05, 4.69) is 16.0 Å². The van der Waals surface area contributed by atoms with Crippen LogP contribution in [0.3, 0.4) is 0 Å². The lowest BCUT2D eigenvalue weighted by Gasteiger charge is -2.08. The van der Waals surface area contributed by atoms with Gasteiger partial charge in [-0.3, -0.25) is 14.4 Å². The molecule has 2 aromatic carbocycles. The lowest BCUT2D eigenvalue weighted by molar-refractivity contribution is -0.119. The van der Waals surface area contributed by atoms with Crippen LogP contribution < -0.4 is 16.0 Å². The first kappa shape index (κ1) is 18.2. The Labute approximate surface area is 146 Å². The molecule has 0 bridgehead atoms. The Morgan fingerprint density at radius 3 is 1.76 bits per heavy atom. The van der Waals surface area contributed by atoms with Gasteiger partial charge in [0.1, 0.15) is 0 Å². The zero-order valence-corrected chi connectivity index (χ0v) is 14.3. The van der Waals surface area contributed by atoms with Crippen molar-refractivity contribution < 1.29 is 14.4 Å². The van der Waals surface area contributed by atoms with Crippen LogP contribution in [0.2, 0.25) is 0 Å². The van der Waals surface area contributed by atoms with Gasteiger partial charge in [-0.25, -0.2) is 0 Å². The molecule has 0 aliphatic heterocycles. The monoisotopic (exact) mass is 339 g/mol. The lowest BCUT2D eigenvalue weighted by atomic mass is 10.1. The molecule has 0 aliphatic carbocycles. The van der Waals surface area contributed by atoms with E-state index in [9.17, 15) is 14.4 Å². The molecule has 2 rings (SSSR count). The molecule has 0 fully saturated rings. The van der Waals surface area contributed by atoms with Crippen LogP contribution >= 0.6 is 0 Å². The van der Waals surface area contributed by atoms with Crippen molar-refractivity contribution in [3.05, 3.63) is 65.2 Å². The maximum absolute atomic E-state index is 12.2. The first-order valence-corrected chi connectivity index (χ1v) is 7.92. The first-order valence-electron chi connectivity index (χ1n) is 7.92. The van der Waals surface area contributed by atoms with E-state index < -0.39 is 0 Å². The van der Waals surface area contributed by atoms with Crippen LogP contribution in [0, 0.1) is 0 Å². The van der Waals surface area contributed by atoms with Crippen molar-refractivity contribution in [2.75, 3.05) is 5.32 Å². The van der Waals surface area contributed by atoms with Crippen molar-refractivity contribution in [1.82, 2.24) is 10.6 Å². The summed E-state index contributed by atoms with van der Waals surface area (Å²) in [7, 11) is 0. The van der Waals surface area contributed by atoms with Gasteiger partial charge in [0.2, 0.25) is 11.8 Å². The van der Waals surface area contributed by atoms with Crippen molar-refractivity contribution in [2.45, 2.75) is 26.9 Å². The molecule has 25 heavy (non-hydrogen) atoms. The fourth-order valence-electron chi connectivity index (χ4n) is 2.19. The maximum Gasteiger partial charge on any atom is 0.251 e. The summed E-state index contributed by atoms with van der Waals surface area (Å²) in [6, 6.07) is 14.4. The zero-order chi connectivity index (χ0) is 18.2. The molecule has 6 nitrogen and oxygen atoms in total. The molecule has 0 atom stereocenters. The second-order valence-corrected chi connectivity index (χ2v) is 5.67. The highest BCUT2D eigenvalue weighted by molar-refractivity contribution is 5.94. The van der Waals surface area contributed by atoms with E-state index in [1.807, 2.05) is 24.3 Å². The van der Waals surface area contributed by atoms with Crippen molar-refractivity contribution in [3.8, 4) is 0 Å². The van der Waals surface area contributed by atoms with Gasteiger partial charge >= 0.3 is 0 Å². The standard InChI is InChI=1S/C19H21N3O3/c1-13(23)20-11-15-3-7-17(8-4-15)19(25)21-12-16-5-9-18(10-6-16)22-14(2)24/h3-10H,11-12H2,1-2H3,(H,20,23)(H,21,25)(H,22,24). The normalized spacial score (nSPS) is 10.0. The fourth-order valence-corrected chi connectivity index (χ4v) is 2.19. The summed E-state index contributed by atoms with van der Waals surface area (Å²) in [4.78, 5) is 34.0. The third kappa shape index (κ3) is 6.10. The van der Waals surface area contributed by atoms with E-state index in [0.717, 1.165) is 16.8 Å².